The normalized spacial score (nSPS) is 25.9. The van der Waals surface area contributed by atoms with E-state index in [-0.39, 0.29) is 0 Å². The van der Waals surface area contributed by atoms with Crippen molar-refractivity contribution in [2.75, 3.05) is 13.1 Å². The van der Waals surface area contributed by atoms with Gasteiger partial charge in [0.2, 0.25) is 0 Å². The Bertz CT molecular complexity index is 415. The third-order valence-corrected chi connectivity index (χ3v) is 4.81. The van der Waals surface area contributed by atoms with Crippen LogP contribution in [0.5, 0.6) is 0 Å². The fourth-order valence-corrected chi connectivity index (χ4v) is 3.23. The van der Waals surface area contributed by atoms with Crippen LogP contribution < -0.4 is 5.32 Å². The molecule has 0 aliphatic heterocycles. The fraction of sp³-hybridized carbons (Fsp3) is 0.571. The predicted molar refractivity (Wildman–Crippen MR) is 75.0 cm³/mol. The highest BCUT2D eigenvalue weighted by molar-refractivity contribution is 6.42. The van der Waals surface area contributed by atoms with Gasteiger partial charge in [0.15, 0.2) is 0 Å². The summed E-state index contributed by atoms with van der Waals surface area (Å²) in [4.78, 5) is 0. The van der Waals surface area contributed by atoms with E-state index in [0.29, 0.717) is 22.3 Å². The van der Waals surface area contributed by atoms with Crippen LogP contribution in [-0.4, -0.2) is 13.1 Å². The van der Waals surface area contributed by atoms with Gasteiger partial charge in [-0.05, 0) is 42.0 Å². The molecular formula is C14H19Cl2N. The van der Waals surface area contributed by atoms with Crippen molar-refractivity contribution < 1.29 is 0 Å². The molecule has 3 heteroatoms. The monoisotopic (exact) mass is 271 g/mol. The minimum atomic E-state index is 0.316. The standard InChI is InChI=1S/C14H19Cl2N/c1-4-17-8-10-12(14(10,2)3)9-6-5-7-11(15)13(9)16/h5-7,10,12,17H,4,8H2,1-3H3. The molecule has 0 bridgehead atoms. The zero-order chi connectivity index (χ0) is 12.6. The van der Waals surface area contributed by atoms with Crippen LogP contribution in [0.4, 0.5) is 0 Å². The van der Waals surface area contributed by atoms with Crippen LogP contribution in [0.3, 0.4) is 0 Å². The van der Waals surface area contributed by atoms with Gasteiger partial charge in [-0.25, -0.2) is 0 Å². The van der Waals surface area contributed by atoms with E-state index in [9.17, 15) is 0 Å². The third-order valence-electron chi connectivity index (χ3n) is 3.98. The lowest BCUT2D eigenvalue weighted by Crippen LogP contribution is -2.17. The molecule has 1 aromatic rings. The minimum Gasteiger partial charge on any atom is -0.317 e. The van der Waals surface area contributed by atoms with E-state index in [1.54, 1.807) is 0 Å². The van der Waals surface area contributed by atoms with Crippen LogP contribution in [0.25, 0.3) is 0 Å². The molecule has 0 spiro atoms. The quantitative estimate of drug-likeness (QED) is 0.859. The number of hydrogen-bond acceptors (Lipinski definition) is 1. The zero-order valence-corrected chi connectivity index (χ0v) is 12.1. The second kappa shape index (κ2) is 4.79. The number of hydrogen-bond donors (Lipinski definition) is 1. The van der Waals surface area contributed by atoms with Crippen LogP contribution in [0.1, 0.15) is 32.3 Å². The first-order valence-corrected chi connectivity index (χ1v) is 6.90. The first-order chi connectivity index (χ1) is 8.00. The van der Waals surface area contributed by atoms with Gasteiger partial charge in [0, 0.05) is 0 Å². The molecule has 94 valence electrons. The van der Waals surface area contributed by atoms with Gasteiger partial charge in [0.05, 0.1) is 10.0 Å². The van der Waals surface area contributed by atoms with Gasteiger partial charge in [-0.2, -0.15) is 0 Å². The Labute approximate surface area is 114 Å². The summed E-state index contributed by atoms with van der Waals surface area (Å²) in [5.41, 5.74) is 1.52. The van der Waals surface area contributed by atoms with Gasteiger partial charge in [0.1, 0.15) is 0 Å². The average Bonchev–Trinajstić information content (AvgIpc) is 2.81. The zero-order valence-electron chi connectivity index (χ0n) is 10.6. The summed E-state index contributed by atoms with van der Waals surface area (Å²) < 4.78 is 0. The summed E-state index contributed by atoms with van der Waals surface area (Å²) >= 11 is 12.4. The Hall–Kier alpha value is -0.240. The summed E-state index contributed by atoms with van der Waals surface area (Å²) in [7, 11) is 0. The summed E-state index contributed by atoms with van der Waals surface area (Å²) in [5, 5.41) is 4.81. The van der Waals surface area contributed by atoms with Gasteiger partial charge < -0.3 is 5.32 Å². The lowest BCUT2D eigenvalue weighted by molar-refractivity contribution is 0.525. The van der Waals surface area contributed by atoms with Gasteiger partial charge in [-0.3, -0.25) is 0 Å². The van der Waals surface area contributed by atoms with Crippen molar-refractivity contribution >= 4 is 23.2 Å². The molecule has 17 heavy (non-hydrogen) atoms. The molecular weight excluding hydrogens is 253 g/mol. The molecule has 1 fully saturated rings. The lowest BCUT2D eigenvalue weighted by atomic mass is 10.0. The predicted octanol–water partition coefficient (Wildman–Crippen LogP) is 4.34. The van der Waals surface area contributed by atoms with Gasteiger partial charge in [-0.15, -0.1) is 0 Å². The maximum Gasteiger partial charge on any atom is 0.0627 e. The number of nitrogens with one attached hydrogen (secondary N) is 1. The summed E-state index contributed by atoms with van der Waals surface area (Å²) in [6.45, 7) is 8.81. The second-order valence-electron chi connectivity index (χ2n) is 5.36. The average molecular weight is 272 g/mol. The Morgan fingerprint density at radius 1 is 1.29 bits per heavy atom. The van der Waals surface area contributed by atoms with E-state index < -0.39 is 0 Å². The van der Waals surface area contributed by atoms with Crippen LogP contribution in [0.2, 0.25) is 10.0 Å². The Morgan fingerprint density at radius 3 is 2.65 bits per heavy atom. The fourth-order valence-electron chi connectivity index (χ4n) is 2.80. The summed E-state index contributed by atoms with van der Waals surface area (Å²) in [6, 6.07) is 5.94. The molecule has 0 saturated heterocycles. The Morgan fingerprint density at radius 2 is 2.00 bits per heavy atom. The van der Waals surface area contributed by atoms with E-state index in [1.807, 2.05) is 12.1 Å². The molecule has 0 heterocycles. The highest BCUT2D eigenvalue weighted by Gasteiger charge is 2.58. The number of benzene rings is 1. The maximum absolute atomic E-state index is 6.30. The van der Waals surface area contributed by atoms with Crippen molar-refractivity contribution in [2.45, 2.75) is 26.7 Å². The molecule has 1 aliphatic carbocycles. The van der Waals surface area contributed by atoms with Crippen LogP contribution in [0, 0.1) is 11.3 Å². The molecule has 0 amide bonds. The second-order valence-corrected chi connectivity index (χ2v) is 6.14. The van der Waals surface area contributed by atoms with Gasteiger partial charge in [0.25, 0.3) is 0 Å². The molecule has 1 aromatic carbocycles. The van der Waals surface area contributed by atoms with Crippen molar-refractivity contribution in [3.63, 3.8) is 0 Å². The number of rotatable bonds is 4. The van der Waals surface area contributed by atoms with Crippen molar-refractivity contribution in [1.82, 2.24) is 5.32 Å². The molecule has 2 rings (SSSR count). The topological polar surface area (TPSA) is 12.0 Å². The van der Waals surface area contributed by atoms with Crippen LogP contribution in [-0.2, 0) is 0 Å². The van der Waals surface area contributed by atoms with Crippen molar-refractivity contribution in [3.05, 3.63) is 33.8 Å². The summed E-state index contributed by atoms with van der Waals surface area (Å²) in [5.74, 6) is 1.17. The van der Waals surface area contributed by atoms with E-state index in [0.717, 1.165) is 18.1 Å². The smallest absolute Gasteiger partial charge is 0.0627 e. The molecule has 1 nitrogen and oxygen atoms in total. The van der Waals surface area contributed by atoms with E-state index in [1.165, 1.54) is 5.56 Å². The first kappa shape index (κ1) is 13.2. The van der Waals surface area contributed by atoms with Crippen LogP contribution >= 0.6 is 23.2 Å². The molecule has 0 aromatic heterocycles. The minimum absolute atomic E-state index is 0.316. The molecule has 2 atom stereocenters. The van der Waals surface area contributed by atoms with Crippen LogP contribution in [0.15, 0.2) is 18.2 Å². The molecule has 0 radical (unpaired) electrons. The van der Waals surface area contributed by atoms with Crippen molar-refractivity contribution in [2.24, 2.45) is 11.3 Å². The lowest BCUT2D eigenvalue weighted by Gasteiger charge is -2.06. The molecule has 1 aliphatic rings. The van der Waals surface area contributed by atoms with E-state index in [4.69, 9.17) is 23.2 Å². The molecule has 1 N–H and O–H groups in total. The number of halogens is 2. The molecule has 1 saturated carbocycles. The first-order valence-electron chi connectivity index (χ1n) is 6.14. The summed E-state index contributed by atoms with van der Waals surface area (Å²) in [6.07, 6.45) is 0. The third kappa shape index (κ3) is 2.33. The van der Waals surface area contributed by atoms with Crippen molar-refractivity contribution in [3.8, 4) is 0 Å². The van der Waals surface area contributed by atoms with Crippen molar-refractivity contribution in [1.29, 1.82) is 0 Å². The maximum atomic E-state index is 6.30. The molecule has 2 unspecified atom stereocenters. The Balaban J connectivity index is 2.21. The largest absolute Gasteiger partial charge is 0.317 e. The van der Waals surface area contributed by atoms with Gasteiger partial charge >= 0.3 is 0 Å². The highest BCUT2D eigenvalue weighted by Crippen LogP contribution is 2.65. The van der Waals surface area contributed by atoms with Gasteiger partial charge in [-0.1, -0.05) is 56.1 Å². The SMILES string of the molecule is CCNCC1C(c2cccc(Cl)c2Cl)C1(C)C. The Kier molecular flexibility index (Phi) is 3.72. The highest BCUT2D eigenvalue weighted by atomic mass is 35.5. The van der Waals surface area contributed by atoms with E-state index >= 15 is 0 Å². The van der Waals surface area contributed by atoms with E-state index in [2.05, 4.69) is 32.2 Å².